The summed E-state index contributed by atoms with van der Waals surface area (Å²) in [6.07, 6.45) is 0. The van der Waals surface area contributed by atoms with Gasteiger partial charge in [-0.15, -0.1) is 0 Å². The molecule has 1 amide bonds. The molecule has 0 bridgehead atoms. The summed E-state index contributed by atoms with van der Waals surface area (Å²) in [5.41, 5.74) is 0.823. The van der Waals surface area contributed by atoms with E-state index in [4.69, 9.17) is 44.3 Å². The normalized spacial score (nSPS) is 13.1. The Kier molecular flexibility index (Phi) is 7.54. The molecule has 0 aliphatic carbocycles. The molecule has 34 heavy (non-hydrogen) atoms. The minimum atomic E-state index is -4.10. The number of hydrogen-bond acceptors (Lipinski definition) is 5. The highest BCUT2D eigenvalue weighted by molar-refractivity contribution is 7.89. The summed E-state index contributed by atoms with van der Waals surface area (Å²) in [5.74, 6) is 0.513. The van der Waals surface area contributed by atoms with E-state index in [-0.39, 0.29) is 21.5 Å². The predicted molar refractivity (Wildman–Crippen MR) is 132 cm³/mol. The molecule has 0 saturated carbocycles. The first kappa shape index (κ1) is 24.6. The highest BCUT2D eigenvalue weighted by Crippen LogP contribution is 2.33. The second-order valence-corrected chi connectivity index (χ2v) is 10.5. The molecule has 1 aliphatic heterocycles. The van der Waals surface area contributed by atoms with Gasteiger partial charge in [-0.2, -0.15) is 4.31 Å². The Morgan fingerprint density at radius 3 is 2.24 bits per heavy atom. The Bertz CT molecular complexity index is 1300. The highest BCUT2D eigenvalue weighted by atomic mass is 35.5. The molecular formula is C23H19Cl3N2O5S. The molecule has 7 nitrogen and oxygen atoms in total. The van der Waals surface area contributed by atoms with Crippen molar-refractivity contribution in [2.75, 3.05) is 25.1 Å². The number of ether oxygens (including phenoxy) is 2. The lowest BCUT2D eigenvalue weighted by Gasteiger charge is -2.23. The van der Waals surface area contributed by atoms with Gasteiger partial charge in [0.1, 0.15) is 13.2 Å². The highest BCUT2D eigenvalue weighted by Gasteiger charge is 2.28. The van der Waals surface area contributed by atoms with Crippen LogP contribution in [-0.4, -0.2) is 38.4 Å². The van der Waals surface area contributed by atoms with Crippen LogP contribution in [-0.2, 0) is 21.4 Å². The summed E-state index contributed by atoms with van der Waals surface area (Å²) < 4.78 is 38.9. The van der Waals surface area contributed by atoms with Gasteiger partial charge in [0, 0.05) is 38.9 Å². The Morgan fingerprint density at radius 1 is 0.912 bits per heavy atom. The Hall–Kier alpha value is -2.49. The van der Waals surface area contributed by atoms with Crippen LogP contribution in [0.25, 0.3) is 0 Å². The molecule has 1 aliphatic rings. The van der Waals surface area contributed by atoms with Gasteiger partial charge in [0.05, 0.1) is 11.4 Å². The number of carbonyl (C=O) groups is 1. The smallest absolute Gasteiger partial charge is 0.243 e. The van der Waals surface area contributed by atoms with E-state index in [9.17, 15) is 13.2 Å². The van der Waals surface area contributed by atoms with Crippen LogP contribution in [0.3, 0.4) is 0 Å². The Labute approximate surface area is 212 Å². The van der Waals surface area contributed by atoms with Crippen molar-refractivity contribution in [2.24, 2.45) is 0 Å². The van der Waals surface area contributed by atoms with Crippen molar-refractivity contribution in [3.05, 3.63) is 81.3 Å². The number of hydrogen-bond donors (Lipinski definition) is 1. The zero-order valence-corrected chi connectivity index (χ0v) is 20.7. The third-order valence-electron chi connectivity index (χ3n) is 4.99. The molecule has 4 rings (SSSR count). The van der Waals surface area contributed by atoms with Crippen molar-refractivity contribution in [2.45, 2.75) is 11.4 Å². The lowest BCUT2D eigenvalue weighted by molar-refractivity contribution is -0.116. The average Bonchev–Trinajstić information content (AvgIpc) is 2.81. The quantitative estimate of drug-likeness (QED) is 0.442. The standard InChI is InChI=1S/C23H19Cl3N2O5S/c24-15-4-7-17(8-5-15)34(30,31)28(13-18-19(25)2-1-3-20(18)26)14-23(29)27-16-6-9-21-22(12-16)33-11-10-32-21/h1-9,12H,10-11,13-14H2,(H,27,29). The minimum absolute atomic E-state index is 0.0211. The maximum atomic E-state index is 13.4. The molecule has 3 aromatic carbocycles. The first-order chi connectivity index (χ1) is 16.2. The van der Waals surface area contributed by atoms with Crippen molar-refractivity contribution in [1.82, 2.24) is 4.31 Å². The average molecular weight is 542 g/mol. The van der Waals surface area contributed by atoms with Crippen LogP contribution >= 0.6 is 34.8 Å². The number of halogens is 3. The third-order valence-corrected chi connectivity index (χ3v) is 7.76. The molecule has 0 atom stereocenters. The molecule has 3 aromatic rings. The van der Waals surface area contributed by atoms with Gasteiger partial charge in [-0.3, -0.25) is 4.79 Å². The number of anilines is 1. The fraction of sp³-hybridized carbons (Fsp3) is 0.174. The van der Waals surface area contributed by atoms with Gasteiger partial charge in [0.25, 0.3) is 0 Å². The number of amides is 1. The van der Waals surface area contributed by atoms with Crippen LogP contribution in [0.5, 0.6) is 11.5 Å². The van der Waals surface area contributed by atoms with E-state index in [2.05, 4.69) is 5.32 Å². The molecule has 0 unspecified atom stereocenters. The van der Waals surface area contributed by atoms with E-state index >= 15 is 0 Å². The number of carbonyl (C=O) groups excluding carboxylic acids is 1. The van der Waals surface area contributed by atoms with Gasteiger partial charge in [0.15, 0.2) is 11.5 Å². The van der Waals surface area contributed by atoms with Crippen molar-refractivity contribution in [3.63, 3.8) is 0 Å². The number of nitrogens with one attached hydrogen (secondary N) is 1. The van der Waals surface area contributed by atoms with Crippen LogP contribution < -0.4 is 14.8 Å². The van der Waals surface area contributed by atoms with Gasteiger partial charge >= 0.3 is 0 Å². The van der Waals surface area contributed by atoms with E-state index in [0.717, 1.165) is 4.31 Å². The number of sulfonamides is 1. The van der Waals surface area contributed by atoms with Crippen LogP contribution in [0.1, 0.15) is 5.56 Å². The first-order valence-corrected chi connectivity index (χ1v) is 12.7. The van der Waals surface area contributed by atoms with Gasteiger partial charge in [0.2, 0.25) is 15.9 Å². The van der Waals surface area contributed by atoms with Crippen LogP contribution in [0.2, 0.25) is 15.1 Å². The number of rotatable bonds is 7. The van der Waals surface area contributed by atoms with E-state index in [1.54, 1.807) is 36.4 Å². The van der Waals surface area contributed by atoms with Crippen LogP contribution in [0.15, 0.2) is 65.6 Å². The number of fused-ring (bicyclic) bond motifs is 1. The van der Waals surface area contributed by atoms with E-state index in [1.807, 2.05) is 0 Å². The maximum Gasteiger partial charge on any atom is 0.243 e. The molecule has 0 fully saturated rings. The van der Waals surface area contributed by atoms with E-state index in [0.29, 0.717) is 41.0 Å². The summed E-state index contributed by atoms with van der Waals surface area (Å²) in [4.78, 5) is 12.9. The van der Waals surface area contributed by atoms with Crippen molar-refractivity contribution < 1.29 is 22.7 Å². The molecule has 0 spiro atoms. The molecule has 11 heteroatoms. The predicted octanol–water partition coefficient (Wildman–Crippen LogP) is 5.25. The number of benzene rings is 3. The fourth-order valence-corrected chi connectivity index (χ4v) is 5.33. The van der Waals surface area contributed by atoms with Crippen LogP contribution in [0.4, 0.5) is 5.69 Å². The SMILES string of the molecule is O=C(CN(Cc1c(Cl)cccc1Cl)S(=O)(=O)c1ccc(Cl)cc1)Nc1ccc2c(c1)OCCO2. The van der Waals surface area contributed by atoms with Gasteiger partial charge in [-0.1, -0.05) is 40.9 Å². The van der Waals surface area contributed by atoms with E-state index in [1.165, 1.54) is 24.3 Å². The largest absolute Gasteiger partial charge is 0.486 e. The molecular weight excluding hydrogens is 523 g/mol. The zero-order valence-electron chi connectivity index (χ0n) is 17.6. The summed E-state index contributed by atoms with van der Waals surface area (Å²) >= 11 is 18.5. The molecule has 0 radical (unpaired) electrons. The molecule has 178 valence electrons. The van der Waals surface area contributed by atoms with Gasteiger partial charge < -0.3 is 14.8 Å². The Balaban J connectivity index is 1.61. The molecule has 0 aromatic heterocycles. The zero-order chi connectivity index (χ0) is 24.3. The second kappa shape index (κ2) is 10.4. The maximum absolute atomic E-state index is 13.4. The van der Waals surface area contributed by atoms with Crippen molar-refractivity contribution >= 4 is 56.4 Å². The van der Waals surface area contributed by atoms with Gasteiger partial charge in [-0.05, 0) is 48.5 Å². The van der Waals surface area contributed by atoms with Crippen molar-refractivity contribution in [3.8, 4) is 11.5 Å². The molecule has 1 heterocycles. The summed E-state index contributed by atoms with van der Waals surface area (Å²) in [6.45, 7) is 0.149. The van der Waals surface area contributed by atoms with Crippen LogP contribution in [0, 0.1) is 0 Å². The summed E-state index contributed by atoms with van der Waals surface area (Å²) in [7, 11) is -4.10. The minimum Gasteiger partial charge on any atom is -0.486 e. The lowest BCUT2D eigenvalue weighted by Crippen LogP contribution is -2.37. The molecule has 0 saturated heterocycles. The molecule has 1 N–H and O–H groups in total. The topological polar surface area (TPSA) is 84.9 Å². The summed E-state index contributed by atoms with van der Waals surface area (Å²) in [6, 6.07) is 15.5. The van der Waals surface area contributed by atoms with Gasteiger partial charge in [-0.25, -0.2) is 8.42 Å². The second-order valence-electron chi connectivity index (χ2n) is 7.33. The first-order valence-electron chi connectivity index (χ1n) is 10.1. The monoisotopic (exact) mass is 540 g/mol. The summed E-state index contributed by atoms with van der Waals surface area (Å²) in [5, 5.41) is 3.66. The fourth-order valence-electron chi connectivity index (χ4n) is 3.32. The Morgan fingerprint density at radius 2 is 1.56 bits per heavy atom. The third kappa shape index (κ3) is 5.59. The lowest BCUT2D eigenvalue weighted by atomic mass is 10.2. The van der Waals surface area contributed by atoms with Crippen molar-refractivity contribution in [1.29, 1.82) is 0 Å². The number of nitrogens with zero attached hydrogens (tertiary/aromatic N) is 1. The van der Waals surface area contributed by atoms with E-state index < -0.39 is 22.5 Å².